The van der Waals surface area contributed by atoms with Crippen molar-refractivity contribution in [3.63, 3.8) is 0 Å². The SMILES string of the molecule is O=C(NCCc1ccccc1)C1CCN(C(=O)[C@@H]2CNCCO2)CC1. The van der Waals surface area contributed by atoms with Crippen molar-refractivity contribution in [1.29, 1.82) is 0 Å². The Bertz CT molecular complexity index is 565. The van der Waals surface area contributed by atoms with Crippen LogP contribution >= 0.6 is 0 Å². The minimum absolute atomic E-state index is 0.00484. The predicted octanol–water partition coefficient (Wildman–Crippen LogP) is 0.572. The molecule has 0 unspecified atom stereocenters. The maximum atomic E-state index is 12.4. The number of likely N-dealkylation sites (tertiary alicyclic amines) is 1. The molecule has 1 atom stereocenters. The molecule has 1 aromatic carbocycles. The van der Waals surface area contributed by atoms with E-state index in [0.717, 1.165) is 25.8 Å². The van der Waals surface area contributed by atoms with E-state index in [1.54, 1.807) is 0 Å². The molecule has 6 heteroatoms. The minimum Gasteiger partial charge on any atom is -0.366 e. The van der Waals surface area contributed by atoms with Crippen LogP contribution in [0.1, 0.15) is 18.4 Å². The van der Waals surface area contributed by atoms with E-state index in [2.05, 4.69) is 22.8 Å². The van der Waals surface area contributed by atoms with E-state index in [0.29, 0.717) is 32.8 Å². The number of nitrogens with one attached hydrogen (secondary N) is 2. The molecule has 136 valence electrons. The Morgan fingerprint density at radius 3 is 2.64 bits per heavy atom. The highest BCUT2D eigenvalue weighted by Crippen LogP contribution is 2.19. The summed E-state index contributed by atoms with van der Waals surface area (Å²) < 4.78 is 5.53. The van der Waals surface area contributed by atoms with Gasteiger partial charge >= 0.3 is 0 Å². The van der Waals surface area contributed by atoms with Gasteiger partial charge in [-0.25, -0.2) is 0 Å². The quantitative estimate of drug-likeness (QED) is 0.819. The molecular formula is C19H27N3O3. The van der Waals surface area contributed by atoms with E-state index in [9.17, 15) is 9.59 Å². The lowest BCUT2D eigenvalue weighted by atomic mass is 9.95. The molecule has 2 saturated heterocycles. The molecule has 1 aromatic rings. The van der Waals surface area contributed by atoms with Gasteiger partial charge in [0.1, 0.15) is 6.10 Å². The average Bonchev–Trinajstić information content (AvgIpc) is 2.69. The first-order valence-corrected chi connectivity index (χ1v) is 9.17. The Morgan fingerprint density at radius 2 is 1.96 bits per heavy atom. The van der Waals surface area contributed by atoms with Gasteiger partial charge in [-0.3, -0.25) is 9.59 Å². The van der Waals surface area contributed by atoms with Gasteiger partial charge in [-0.1, -0.05) is 30.3 Å². The molecule has 2 aliphatic rings. The van der Waals surface area contributed by atoms with Crippen molar-refractivity contribution in [2.45, 2.75) is 25.4 Å². The van der Waals surface area contributed by atoms with E-state index in [-0.39, 0.29) is 23.8 Å². The van der Waals surface area contributed by atoms with Gasteiger partial charge in [-0.15, -0.1) is 0 Å². The third kappa shape index (κ3) is 5.03. The van der Waals surface area contributed by atoms with Crippen LogP contribution in [0.4, 0.5) is 0 Å². The van der Waals surface area contributed by atoms with Gasteiger partial charge in [-0.2, -0.15) is 0 Å². The Balaban J connectivity index is 1.37. The number of morpholine rings is 1. The standard InChI is InChI=1S/C19H27N3O3/c23-18(21-9-6-15-4-2-1-3-5-15)16-7-11-22(12-8-16)19(24)17-14-20-10-13-25-17/h1-5,16-17,20H,6-14H2,(H,21,23)/t17-/m0/s1. The first-order chi connectivity index (χ1) is 12.2. The summed E-state index contributed by atoms with van der Waals surface area (Å²) in [5.74, 6) is 0.166. The van der Waals surface area contributed by atoms with E-state index in [1.807, 2.05) is 23.1 Å². The van der Waals surface area contributed by atoms with Crippen molar-refractivity contribution >= 4 is 11.8 Å². The van der Waals surface area contributed by atoms with E-state index in [4.69, 9.17) is 4.74 Å². The summed E-state index contributed by atoms with van der Waals surface area (Å²) >= 11 is 0. The molecule has 0 aliphatic carbocycles. The molecule has 2 fully saturated rings. The van der Waals surface area contributed by atoms with Crippen molar-refractivity contribution < 1.29 is 14.3 Å². The zero-order valence-electron chi connectivity index (χ0n) is 14.6. The number of hydrogen-bond acceptors (Lipinski definition) is 4. The van der Waals surface area contributed by atoms with Crippen LogP contribution in [0.15, 0.2) is 30.3 Å². The lowest BCUT2D eigenvalue weighted by Crippen LogP contribution is -2.52. The number of hydrogen-bond donors (Lipinski definition) is 2. The normalized spacial score (nSPS) is 21.8. The number of benzene rings is 1. The number of ether oxygens (including phenoxy) is 1. The van der Waals surface area contributed by atoms with Gasteiger partial charge in [0.2, 0.25) is 5.91 Å². The summed E-state index contributed by atoms with van der Waals surface area (Å²) in [4.78, 5) is 26.6. The molecule has 0 spiro atoms. The summed E-state index contributed by atoms with van der Waals surface area (Å²) in [5, 5.41) is 6.21. The molecule has 0 saturated carbocycles. The van der Waals surface area contributed by atoms with Crippen LogP contribution < -0.4 is 10.6 Å². The molecule has 25 heavy (non-hydrogen) atoms. The molecule has 2 N–H and O–H groups in total. The van der Waals surface area contributed by atoms with Crippen LogP contribution in [0.5, 0.6) is 0 Å². The molecule has 0 aromatic heterocycles. The summed E-state index contributed by atoms with van der Waals surface area (Å²) in [6.07, 6.45) is 1.92. The number of amides is 2. The van der Waals surface area contributed by atoms with Crippen LogP contribution in [0.2, 0.25) is 0 Å². The van der Waals surface area contributed by atoms with Gasteiger partial charge in [0, 0.05) is 38.6 Å². The molecule has 2 heterocycles. The van der Waals surface area contributed by atoms with E-state index < -0.39 is 0 Å². The summed E-state index contributed by atoms with van der Waals surface area (Å²) in [5.41, 5.74) is 1.23. The zero-order chi connectivity index (χ0) is 17.5. The number of rotatable bonds is 5. The highest BCUT2D eigenvalue weighted by Gasteiger charge is 2.31. The zero-order valence-corrected chi connectivity index (χ0v) is 14.6. The first-order valence-electron chi connectivity index (χ1n) is 9.17. The van der Waals surface area contributed by atoms with Crippen LogP contribution in [-0.2, 0) is 20.7 Å². The van der Waals surface area contributed by atoms with Gasteiger partial charge < -0.3 is 20.3 Å². The third-order valence-corrected chi connectivity index (χ3v) is 4.94. The topological polar surface area (TPSA) is 70.7 Å². The summed E-state index contributed by atoms with van der Waals surface area (Å²) in [7, 11) is 0. The Kier molecular flexibility index (Phi) is 6.42. The fourth-order valence-electron chi connectivity index (χ4n) is 3.41. The maximum absolute atomic E-state index is 12.4. The second kappa shape index (κ2) is 8.97. The number of piperidine rings is 1. The predicted molar refractivity (Wildman–Crippen MR) is 95.1 cm³/mol. The van der Waals surface area contributed by atoms with Crippen LogP contribution in [-0.4, -0.2) is 62.1 Å². The fraction of sp³-hybridized carbons (Fsp3) is 0.579. The van der Waals surface area contributed by atoms with Crippen molar-refractivity contribution in [2.75, 3.05) is 39.3 Å². The van der Waals surface area contributed by atoms with Gasteiger partial charge in [0.05, 0.1) is 6.61 Å². The van der Waals surface area contributed by atoms with Gasteiger partial charge in [0.15, 0.2) is 0 Å². The first kappa shape index (κ1) is 17.9. The van der Waals surface area contributed by atoms with Crippen LogP contribution in [0.3, 0.4) is 0 Å². The van der Waals surface area contributed by atoms with Crippen LogP contribution in [0.25, 0.3) is 0 Å². The van der Waals surface area contributed by atoms with Crippen LogP contribution in [0, 0.1) is 5.92 Å². The van der Waals surface area contributed by atoms with E-state index >= 15 is 0 Å². The highest BCUT2D eigenvalue weighted by atomic mass is 16.5. The minimum atomic E-state index is -0.370. The number of nitrogens with zero attached hydrogens (tertiary/aromatic N) is 1. The van der Waals surface area contributed by atoms with Gasteiger partial charge in [-0.05, 0) is 24.8 Å². The third-order valence-electron chi connectivity index (χ3n) is 4.94. The summed E-state index contributed by atoms with van der Waals surface area (Å²) in [6.45, 7) is 3.89. The molecule has 6 nitrogen and oxygen atoms in total. The second-order valence-electron chi connectivity index (χ2n) is 6.69. The Labute approximate surface area is 148 Å². The molecule has 3 rings (SSSR count). The monoisotopic (exact) mass is 345 g/mol. The Morgan fingerprint density at radius 1 is 1.20 bits per heavy atom. The molecule has 0 bridgehead atoms. The second-order valence-corrected chi connectivity index (χ2v) is 6.69. The van der Waals surface area contributed by atoms with Crippen molar-refractivity contribution in [3.05, 3.63) is 35.9 Å². The van der Waals surface area contributed by atoms with E-state index in [1.165, 1.54) is 5.56 Å². The average molecular weight is 345 g/mol. The lowest BCUT2D eigenvalue weighted by molar-refractivity contribution is -0.147. The molecule has 0 radical (unpaired) electrons. The molecule has 2 aliphatic heterocycles. The van der Waals surface area contributed by atoms with Crippen molar-refractivity contribution in [1.82, 2.24) is 15.5 Å². The number of carbonyl (C=O) groups excluding carboxylic acids is 2. The fourth-order valence-corrected chi connectivity index (χ4v) is 3.41. The smallest absolute Gasteiger partial charge is 0.253 e. The van der Waals surface area contributed by atoms with Crippen molar-refractivity contribution in [2.24, 2.45) is 5.92 Å². The highest BCUT2D eigenvalue weighted by molar-refractivity contribution is 5.82. The van der Waals surface area contributed by atoms with Crippen molar-refractivity contribution in [3.8, 4) is 0 Å². The van der Waals surface area contributed by atoms with Gasteiger partial charge in [0.25, 0.3) is 5.91 Å². The number of carbonyl (C=O) groups is 2. The maximum Gasteiger partial charge on any atom is 0.253 e. The Hall–Kier alpha value is -1.92. The molecule has 2 amide bonds. The largest absolute Gasteiger partial charge is 0.366 e. The summed E-state index contributed by atoms with van der Waals surface area (Å²) in [6, 6.07) is 10.1. The lowest BCUT2D eigenvalue weighted by Gasteiger charge is -2.34. The molecular weight excluding hydrogens is 318 g/mol.